The topological polar surface area (TPSA) is 102 Å². The summed E-state index contributed by atoms with van der Waals surface area (Å²) in [5, 5.41) is 13.8. The van der Waals surface area contributed by atoms with Crippen LogP contribution in [-0.4, -0.2) is 40.8 Å². The summed E-state index contributed by atoms with van der Waals surface area (Å²) in [7, 11) is 0. The van der Waals surface area contributed by atoms with E-state index in [1.165, 1.54) is 25.1 Å². The number of hydrogen-bond acceptors (Lipinski definition) is 5. The molecule has 0 bridgehead atoms. The quantitative estimate of drug-likeness (QED) is 0.463. The van der Waals surface area contributed by atoms with Crippen molar-refractivity contribution in [3.05, 3.63) is 64.2 Å². The fraction of sp³-hybridized carbons (Fsp3) is 0.364. The lowest BCUT2D eigenvalue weighted by Gasteiger charge is -2.21. The Balaban J connectivity index is 2.02. The van der Waals surface area contributed by atoms with Gasteiger partial charge in [-0.2, -0.15) is 0 Å². The van der Waals surface area contributed by atoms with Crippen molar-refractivity contribution in [1.82, 2.24) is 4.90 Å². The summed E-state index contributed by atoms with van der Waals surface area (Å²) in [4.78, 5) is 37.4. The number of para-hydroxylation sites is 2. The molecule has 2 aromatic rings. The van der Waals surface area contributed by atoms with Gasteiger partial charge in [0.2, 0.25) is 0 Å². The molecule has 8 heteroatoms. The maximum Gasteiger partial charge on any atom is 0.310 e. The van der Waals surface area contributed by atoms with Crippen molar-refractivity contribution in [2.24, 2.45) is 0 Å². The number of amides is 2. The first-order valence-corrected chi connectivity index (χ1v) is 9.97. The predicted octanol–water partition coefficient (Wildman–Crippen LogP) is 4.26. The van der Waals surface area contributed by atoms with E-state index in [4.69, 9.17) is 4.74 Å². The minimum Gasteiger partial charge on any atom is -0.474 e. The van der Waals surface area contributed by atoms with Crippen molar-refractivity contribution in [3.63, 3.8) is 0 Å². The Morgan fingerprint density at radius 3 is 2.23 bits per heavy atom. The van der Waals surface area contributed by atoms with Crippen molar-refractivity contribution < 1.29 is 19.2 Å². The van der Waals surface area contributed by atoms with E-state index in [-0.39, 0.29) is 17.3 Å². The Bertz CT molecular complexity index is 877. The lowest BCUT2D eigenvalue weighted by atomic mass is 10.1. The number of hydrogen-bond donors (Lipinski definition) is 1. The molecular formula is C22H27N3O5. The summed E-state index contributed by atoms with van der Waals surface area (Å²) in [6, 6.07) is 12.5. The molecule has 8 nitrogen and oxygen atoms in total. The predicted molar refractivity (Wildman–Crippen MR) is 115 cm³/mol. The zero-order valence-corrected chi connectivity index (χ0v) is 17.5. The number of benzene rings is 2. The average molecular weight is 413 g/mol. The number of carbonyl (C=O) groups excluding carboxylic acids is 2. The fourth-order valence-electron chi connectivity index (χ4n) is 2.93. The van der Waals surface area contributed by atoms with Gasteiger partial charge in [-0.3, -0.25) is 19.7 Å². The van der Waals surface area contributed by atoms with Crippen LogP contribution < -0.4 is 10.1 Å². The molecule has 1 unspecified atom stereocenters. The number of ether oxygens (including phenoxy) is 1. The lowest BCUT2D eigenvalue weighted by Crippen LogP contribution is -2.32. The highest BCUT2D eigenvalue weighted by Crippen LogP contribution is 2.27. The van der Waals surface area contributed by atoms with Gasteiger partial charge < -0.3 is 15.0 Å². The van der Waals surface area contributed by atoms with E-state index in [1.807, 2.05) is 18.7 Å². The highest BCUT2D eigenvalue weighted by molar-refractivity contribution is 5.96. The Hall–Kier alpha value is -3.42. The zero-order valence-electron chi connectivity index (χ0n) is 17.5. The van der Waals surface area contributed by atoms with Crippen LogP contribution in [0.4, 0.5) is 11.4 Å². The maximum atomic E-state index is 12.6. The van der Waals surface area contributed by atoms with Gasteiger partial charge in [0.25, 0.3) is 11.8 Å². The molecule has 1 atom stereocenters. The van der Waals surface area contributed by atoms with Crippen molar-refractivity contribution in [2.45, 2.75) is 39.7 Å². The molecule has 2 amide bonds. The van der Waals surface area contributed by atoms with Gasteiger partial charge in [-0.1, -0.05) is 26.0 Å². The summed E-state index contributed by atoms with van der Waals surface area (Å²) >= 11 is 0. The van der Waals surface area contributed by atoms with Gasteiger partial charge >= 0.3 is 5.69 Å². The van der Waals surface area contributed by atoms with E-state index < -0.39 is 16.9 Å². The van der Waals surface area contributed by atoms with Gasteiger partial charge in [0.05, 0.1) is 4.92 Å². The van der Waals surface area contributed by atoms with Crippen molar-refractivity contribution in [3.8, 4) is 5.75 Å². The van der Waals surface area contributed by atoms with Crippen LogP contribution in [0, 0.1) is 10.1 Å². The molecule has 0 aromatic heterocycles. The van der Waals surface area contributed by atoms with Crippen LogP contribution in [0.2, 0.25) is 0 Å². The van der Waals surface area contributed by atoms with Crippen LogP contribution >= 0.6 is 0 Å². The second-order valence-corrected chi connectivity index (χ2v) is 6.84. The average Bonchev–Trinajstić information content (AvgIpc) is 2.73. The minimum absolute atomic E-state index is 0.0260. The van der Waals surface area contributed by atoms with Crippen molar-refractivity contribution in [1.29, 1.82) is 0 Å². The monoisotopic (exact) mass is 413 g/mol. The van der Waals surface area contributed by atoms with Crippen LogP contribution in [0.5, 0.6) is 5.75 Å². The van der Waals surface area contributed by atoms with E-state index in [0.717, 1.165) is 12.8 Å². The number of nitrogens with one attached hydrogen (secondary N) is 1. The molecule has 2 aromatic carbocycles. The second-order valence-electron chi connectivity index (χ2n) is 6.84. The minimum atomic E-state index is -0.947. The largest absolute Gasteiger partial charge is 0.474 e. The van der Waals surface area contributed by atoms with Crippen LogP contribution in [0.1, 0.15) is 44.0 Å². The Morgan fingerprint density at radius 2 is 1.67 bits per heavy atom. The zero-order chi connectivity index (χ0) is 22.1. The number of nitrogens with zero attached hydrogens (tertiary/aromatic N) is 2. The first kappa shape index (κ1) is 22.9. The first-order valence-electron chi connectivity index (χ1n) is 9.97. The van der Waals surface area contributed by atoms with Gasteiger partial charge in [0, 0.05) is 30.4 Å². The Kier molecular flexibility index (Phi) is 8.34. The maximum absolute atomic E-state index is 12.6. The van der Waals surface area contributed by atoms with Crippen LogP contribution in [0.25, 0.3) is 0 Å². The van der Waals surface area contributed by atoms with Crippen LogP contribution in [-0.2, 0) is 4.79 Å². The summed E-state index contributed by atoms with van der Waals surface area (Å²) < 4.78 is 5.47. The van der Waals surface area contributed by atoms with E-state index in [2.05, 4.69) is 5.32 Å². The van der Waals surface area contributed by atoms with E-state index in [0.29, 0.717) is 24.3 Å². The molecule has 0 spiro atoms. The molecule has 0 saturated carbocycles. The third-order valence-corrected chi connectivity index (χ3v) is 4.41. The number of carbonyl (C=O) groups is 2. The summed E-state index contributed by atoms with van der Waals surface area (Å²) in [5.41, 5.74) is 0.856. The van der Waals surface area contributed by atoms with Gasteiger partial charge in [0.1, 0.15) is 0 Å². The van der Waals surface area contributed by atoms with E-state index in [9.17, 15) is 19.7 Å². The highest BCUT2D eigenvalue weighted by Gasteiger charge is 2.21. The number of anilines is 1. The van der Waals surface area contributed by atoms with Crippen LogP contribution in [0.15, 0.2) is 48.5 Å². The van der Waals surface area contributed by atoms with Gasteiger partial charge in [-0.15, -0.1) is 0 Å². The molecule has 0 heterocycles. The van der Waals surface area contributed by atoms with Gasteiger partial charge in [0.15, 0.2) is 11.9 Å². The molecular weight excluding hydrogens is 386 g/mol. The fourth-order valence-corrected chi connectivity index (χ4v) is 2.93. The lowest BCUT2D eigenvalue weighted by molar-refractivity contribution is -0.386. The Labute approximate surface area is 176 Å². The van der Waals surface area contributed by atoms with Gasteiger partial charge in [-0.05, 0) is 50.1 Å². The third-order valence-electron chi connectivity index (χ3n) is 4.41. The molecule has 0 aliphatic carbocycles. The molecule has 0 aliphatic heterocycles. The molecule has 2 rings (SSSR count). The number of rotatable bonds is 10. The van der Waals surface area contributed by atoms with Gasteiger partial charge in [-0.25, -0.2) is 0 Å². The smallest absolute Gasteiger partial charge is 0.310 e. The van der Waals surface area contributed by atoms with Crippen molar-refractivity contribution >= 4 is 23.2 Å². The third kappa shape index (κ3) is 6.04. The SMILES string of the molecule is CCCN(CCC)C(=O)c1ccc(NC(=O)C(C)Oc2ccccc2[N+](=O)[O-])cc1. The summed E-state index contributed by atoms with van der Waals surface area (Å²) in [6.07, 6.45) is 0.825. The molecule has 30 heavy (non-hydrogen) atoms. The summed E-state index contributed by atoms with van der Waals surface area (Å²) in [5.74, 6) is -0.464. The standard InChI is InChI=1S/C22H27N3O5/c1-4-14-24(15-5-2)22(27)17-10-12-18(13-11-17)23-21(26)16(3)30-20-9-7-6-8-19(20)25(28)29/h6-13,16H,4-5,14-15H2,1-3H3,(H,23,26). The van der Waals surface area contributed by atoms with E-state index >= 15 is 0 Å². The number of nitro benzene ring substituents is 1. The molecule has 0 fully saturated rings. The van der Waals surface area contributed by atoms with E-state index in [1.54, 1.807) is 30.3 Å². The van der Waals surface area contributed by atoms with Crippen LogP contribution in [0.3, 0.4) is 0 Å². The first-order chi connectivity index (χ1) is 14.4. The molecule has 0 radical (unpaired) electrons. The summed E-state index contributed by atoms with van der Waals surface area (Å²) in [6.45, 7) is 6.97. The highest BCUT2D eigenvalue weighted by atomic mass is 16.6. The van der Waals surface area contributed by atoms with Crippen molar-refractivity contribution in [2.75, 3.05) is 18.4 Å². The number of nitro groups is 1. The molecule has 1 N–H and O–H groups in total. The molecule has 0 saturated heterocycles. The Morgan fingerprint density at radius 1 is 1.07 bits per heavy atom. The second kappa shape index (κ2) is 10.9. The normalized spacial score (nSPS) is 11.4. The molecule has 0 aliphatic rings. The molecule has 160 valence electrons.